The number of benzene rings is 2. The van der Waals surface area contributed by atoms with E-state index in [9.17, 15) is 13.2 Å². The lowest BCUT2D eigenvalue weighted by atomic mass is 10.2. The molecule has 2 aromatic carbocycles. The van der Waals surface area contributed by atoms with Gasteiger partial charge >= 0.3 is 0 Å². The molecule has 0 heterocycles. The molecule has 0 saturated carbocycles. The van der Waals surface area contributed by atoms with E-state index in [0.29, 0.717) is 5.69 Å². The van der Waals surface area contributed by atoms with Crippen LogP contribution in [-0.2, 0) is 20.4 Å². The Labute approximate surface area is 141 Å². The van der Waals surface area contributed by atoms with Crippen molar-refractivity contribution in [1.29, 1.82) is 0 Å². The summed E-state index contributed by atoms with van der Waals surface area (Å²) in [6.45, 7) is 2.03. The zero-order valence-electron chi connectivity index (χ0n) is 13.1. The van der Waals surface area contributed by atoms with Gasteiger partial charge in [0.2, 0.25) is 5.91 Å². The summed E-state index contributed by atoms with van der Waals surface area (Å²) in [7, 11) is -3.37. The molecule has 0 saturated heterocycles. The number of thioether (sulfide) groups is 1. The molecular formula is C17H19NO3S2. The number of para-hydroxylation sites is 1. The third kappa shape index (κ3) is 5.41. The predicted octanol–water partition coefficient (Wildman–Crippen LogP) is 3.27. The van der Waals surface area contributed by atoms with Crippen LogP contribution in [0, 0.1) is 6.92 Å². The fourth-order valence-corrected chi connectivity index (χ4v) is 3.66. The number of carbonyl (C=O) groups is 1. The fraction of sp³-hybridized carbons (Fsp3) is 0.235. The van der Waals surface area contributed by atoms with Gasteiger partial charge in [-0.15, -0.1) is 11.8 Å². The number of amides is 1. The molecule has 0 spiro atoms. The van der Waals surface area contributed by atoms with E-state index >= 15 is 0 Å². The molecule has 0 atom stereocenters. The second-order valence-electron chi connectivity index (χ2n) is 5.29. The summed E-state index contributed by atoms with van der Waals surface area (Å²) in [6, 6.07) is 14.6. The highest BCUT2D eigenvalue weighted by atomic mass is 32.2. The molecule has 0 aliphatic rings. The van der Waals surface area contributed by atoms with Crippen LogP contribution in [0.25, 0.3) is 0 Å². The summed E-state index contributed by atoms with van der Waals surface area (Å²) in [4.78, 5) is 12.1. The third-order valence-corrected chi connectivity index (χ3v) is 5.34. The van der Waals surface area contributed by atoms with E-state index in [1.807, 2.05) is 31.2 Å². The summed E-state index contributed by atoms with van der Waals surface area (Å²) in [5.74, 6) is 0.797. The van der Waals surface area contributed by atoms with Crippen molar-refractivity contribution in [3.63, 3.8) is 0 Å². The lowest BCUT2D eigenvalue weighted by Crippen LogP contribution is -2.16. The lowest BCUT2D eigenvalue weighted by Gasteiger charge is -2.09. The summed E-state index contributed by atoms with van der Waals surface area (Å²) in [5, 5.41) is 2.67. The number of nitrogens with one attached hydrogen (secondary N) is 1. The van der Waals surface area contributed by atoms with Crippen LogP contribution in [-0.4, -0.2) is 26.3 Å². The van der Waals surface area contributed by atoms with Crippen LogP contribution < -0.4 is 5.32 Å². The van der Waals surface area contributed by atoms with Gasteiger partial charge in [0, 0.05) is 12.0 Å². The fourth-order valence-electron chi connectivity index (χ4n) is 2.03. The molecule has 6 heteroatoms. The van der Waals surface area contributed by atoms with E-state index in [1.165, 1.54) is 23.4 Å². The van der Waals surface area contributed by atoms with Crippen molar-refractivity contribution >= 4 is 33.2 Å². The maximum atomic E-state index is 12.0. The molecule has 2 rings (SSSR count). The molecule has 4 nitrogen and oxygen atoms in total. The summed E-state index contributed by atoms with van der Waals surface area (Å²) < 4.78 is 23.4. The van der Waals surface area contributed by atoms with Crippen LogP contribution in [0.15, 0.2) is 53.4 Å². The second-order valence-corrected chi connectivity index (χ2v) is 8.26. The molecule has 122 valence electrons. The van der Waals surface area contributed by atoms with E-state index in [0.717, 1.165) is 17.6 Å². The Morgan fingerprint density at radius 1 is 1.09 bits per heavy atom. The van der Waals surface area contributed by atoms with E-state index < -0.39 is 9.84 Å². The summed E-state index contributed by atoms with van der Waals surface area (Å²) in [6.07, 6.45) is 1.13. The molecule has 1 N–H and O–H groups in total. The number of sulfone groups is 1. The molecular weight excluding hydrogens is 330 g/mol. The minimum absolute atomic E-state index is 0.136. The molecule has 0 aliphatic heterocycles. The number of hydrogen-bond donors (Lipinski definition) is 1. The minimum atomic E-state index is -3.37. The van der Waals surface area contributed by atoms with Gasteiger partial charge in [-0.1, -0.05) is 42.0 Å². The maximum absolute atomic E-state index is 12.0. The smallest absolute Gasteiger partial charge is 0.234 e. The van der Waals surface area contributed by atoms with Crippen LogP contribution in [0.5, 0.6) is 0 Å². The number of anilines is 1. The van der Waals surface area contributed by atoms with Crippen molar-refractivity contribution < 1.29 is 13.2 Å². The zero-order valence-corrected chi connectivity index (χ0v) is 14.7. The van der Waals surface area contributed by atoms with Crippen LogP contribution in [0.4, 0.5) is 5.69 Å². The quantitative estimate of drug-likeness (QED) is 0.869. The summed E-state index contributed by atoms with van der Waals surface area (Å²) in [5.41, 5.74) is 2.69. The van der Waals surface area contributed by atoms with Gasteiger partial charge in [-0.25, -0.2) is 8.42 Å². The van der Waals surface area contributed by atoms with Crippen molar-refractivity contribution in [2.75, 3.05) is 17.3 Å². The first kappa shape index (κ1) is 17.6. The topological polar surface area (TPSA) is 63.2 Å². The Hall–Kier alpha value is -1.79. The van der Waals surface area contributed by atoms with Gasteiger partial charge in [-0.3, -0.25) is 4.79 Å². The highest BCUT2D eigenvalue weighted by molar-refractivity contribution is 7.99. The molecule has 1 amide bonds. The van der Waals surface area contributed by atoms with Gasteiger partial charge in [-0.2, -0.15) is 0 Å². The normalized spacial score (nSPS) is 11.2. The monoisotopic (exact) mass is 349 g/mol. The van der Waals surface area contributed by atoms with Crippen LogP contribution in [0.1, 0.15) is 11.1 Å². The van der Waals surface area contributed by atoms with Crippen molar-refractivity contribution in [3.8, 4) is 0 Å². The Balaban J connectivity index is 1.92. The highest BCUT2D eigenvalue weighted by Crippen LogP contribution is 2.21. The Morgan fingerprint density at radius 3 is 2.39 bits per heavy atom. The second kappa shape index (κ2) is 7.66. The first-order valence-corrected chi connectivity index (χ1v) is 10.1. The van der Waals surface area contributed by atoms with Gasteiger partial charge in [0.15, 0.2) is 9.84 Å². The Bertz CT molecular complexity index is 784. The van der Waals surface area contributed by atoms with E-state index in [4.69, 9.17) is 0 Å². The SMILES string of the molecule is Cc1ccc(CSCC(=O)Nc2ccccc2S(C)(=O)=O)cc1. The Kier molecular flexibility index (Phi) is 5.85. The summed E-state index contributed by atoms with van der Waals surface area (Å²) >= 11 is 1.49. The molecule has 0 fully saturated rings. The molecule has 23 heavy (non-hydrogen) atoms. The third-order valence-electron chi connectivity index (χ3n) is 3.18. The average Bonchev–Trinajstić information content (AvgIpc) is 2.49. The molecule has 0 bridgehead atoms. The lowest BCUT2D eigenvalue weighted by molar-refractivity contribution is -0.113. The average molecular weight is 349 g/mol. The van der Waals surface area contributed by atoms with Crippen molar-refractivity contribution in [1.82, 2.24) is 0 Å². The van der Waals surface area contributed by atoms with E-state index in [-0.39, 0.29) is 16.6 Å². The first-order chi connectivity index (χ1) is 10.9. The number of rotatable bonds is 6. The standard InChI is InChI=1S/C17H19NO3S2/c1-13-7-9-14(10-8-13)11-22-12-17(19)18-15-5-3-4-6-16(15)23(2,20)21/h3-10H,11-12H2,1-2H3,(H,18,19). The van der Waals surface area contributed by atoms with E-state index in [2.05, 4.69) is 5.32 Å². The van der Waals surface area contributed by atoms with Gasteiger partial charge < -0.3 is 5.32 Å². The molecule has 0 radical (unpaired) electrons. The molecule has 0 unspecified atom stereocenters. The first-order valence-electron chi connectivity index (χ1n) is 7.08. The largest absolute Gasteiger partial charge is 0.324 e. The van der Waals surface area contributed by atoms with Gasteiger partial charge in [0.05, 0.1) is 16.3 Å². The van der Waals surface area contributed by atoms with Gasteiger partial charge in [0.25, 0.3) is 0 Å². The van der Waals surface area contributed by atoms with Gasteiger partial charge in [0.1, 0.15) is 0 Å². The zero-order chi connectivity index (χ0) is 16.9. The van der Waals surface area contributed by atoms with E-state index in [1.54, 1.807) is 18.2 Å². The van der Waals surface area contributed by atoms with Gasteiger partial charge in [-0.05, 0) is 24.6 Å². The van der Waals surface area contributed by atoms with Crippen LogP contribution in [0.2, 0.25) is 0 Å². The van der Waals surface area contributed by atoms with Crippen LogP contribution in [0.3, 0.4) is 0 Å². The molecule has 0 aliphatic carbocycles. The number of aryl methyl sites for hydroxylation is 1. The van der Waals surface area contributed by atoms with Crippen molar-refractivity contribution in [2.24, 2.45) is 0 Å². The van der Waals surface area contributed by atoms with Crippen molar-refractivity contribution in [2.45, 2.75) is 17.6 Å². The van der Waals surface area contributed by atoms with Crippen molar-refractivity contribution in [3.05, 3.63) is 59.7 Å². The predicted molar refractivity (Wildman–Crippen MR) is 95.5 cm³/mol. The van der Waals surface area contributed by atoms with Crippen LogP contribution >= 0.6 is 11.8 Å². The highest BCUT2D eigenvalue weighted by Gasteiger charge is 2.14. The maximum Gasteiger partial charge on any atom is 0.234 e. The number of carbonyl (C=O) groups excluding carboxylic acids is 1. The molecule has 0 aromatic heterocycles. The number of hydrogen-bond acceptors (Lipinski definition) is 4. The Morgan fingerprint density at radius 2 is 1.74 bits per heavy atom. The minimum Gasteiger partial charge on any atom is -0.324 e. The molecule has 2 aromatic rings.